The zero-order valence-electron chi connectivity index (χ0n) is 8.90. The lowest BCUT2D eigenvalue weighted by molar-refractivity contribution is 0.619. The summed E-state index contributed by atoms with van der Waals surface area (Å²) in [5.41, 5.74) is 0.107. The molecule has 82 valence electrons. The van der Waals surface area contributed by atoms with Crippen LogP contribution in [0.3, 0.4) is 0 Å². The van der Waals surface area contributed by atoms with Crippen molar-refractivity contribution in [3.63, 3.8) is 0 Å². The molecule has 15 heavy (non-hydrogen) atoms. The maximum atomic E-state index is 13.1. The number of hydrogen-bond donors (Lipinski definition) is 0. The normalized spacial score (nSPS) is 14.4. The first-order chi connectivity index (χ1) is 6.91. The van der Waals surface area contributed by atoms with Crippen molar-refractivity contribution in [3.05, 3.63) is 29.8 Å². The molecule has 0 aliphatic rings. The quantitative estimate of drug-likeness (QED) is 0.727. The van der Waals surface area contributed by atoms with Gasteiger partial charge in [-0.1, -0.05) is 0 Å². The molecule has 0 N–H and O–H groups in total. The number of rotatable bonds is 2. The lowest BCUT2D eigenvalue weighted by Crippen LogP contribution is -2.19. The van der Waals surface area contributed by atoms with Gasteiger partial charge in [0.2, 0.25) is 0 Å². The Kier molecular flexibility index (Phi) is 3.68. The number of pyridine rings is 1. The highest BCUT2D eigenvalue weighted by atomic mass is 32.2. The third-order valence-corrected chi connectivity index (χ3v) is 2.93. The molecule has 0 fully saturated rings. The second kappa shape index (κ2) is 4.61. The molecule has 1 heterocycles. The highest BCUT2D eigenvalue weighted by Crippen LogP contribution is 2.12. The van der Waals surface area contributed by atoms with Crippen LogP contribution in [-0.2, 0) is 11.0 Å². The van der Waals surface area contributed by atoms with Crippen LogP contribution in [0, 0.1) is 5.82 Å². The van der Waals surface area contributed by atoms with Crippen molar-refractivity contribution in [2.24, 2.45) is 4.40 Å². The van der Waals surface area contributed by atoms with Gasteiger partial charge in [0.1, 0.15) is 22.5 Å². The van der Waals surface area contributed by atoms with Crippen LogP contribution in [0.4, 0.5) is 4.39 Å². The summed E-state index contributed by atoms with van der Waals surface area (Å²) >= 11 is 0. The molecule has 0 amide bonds. The third kappa shape index (κ3) is 3.51. The number of halogens is 1. The Bertz CT molecular complexity index is 399. The van der Waals surface area contributed by atoms with Crippen LogP contribution in [0.15, 0.2) is 22.7 Å². The van der Waals surface area contributed by atoms with Crippen LogP contribution in [0.5, 0.6) is 0 Å². The van der Waals surface area contributed by atoms with E-state index in [2.05, 4.69) is 9.38 Å². The van der Waals surface area contributed by atoms with Crippen molar-refractivity contribution in [1.29, 1.82) is 0 Å². The number of aromatic nitrogens is 1. The Morgan fingerprint density at radius 3 is 2.73 bits per heavy atom. The fourth-order valence-corrected chi connectivity index (χ4v) is 1.26. The average molecular weight is 228 g/mol. The predicted molar refractivity (Wildman–Crippen MR) is 59.7 cm³/mol. The minimum absolute atomic E-state index is 0.107. The molecular weight excluding hydrogens is 215 g/mol. The molecule has 1 atom stereocenters. The van der Waals surface area contributed by atoms with Gasteiger partial charge in [-0.25, -0.2) is 8.60 Å². The minimum atomic E-state index is -1.38. The first kappa shape index (κ1) is 12.0. The zero-order chi connectivity index (χ0) is 11.5. The van der Waals surface area contributed by atoms with Gasteiger partial charge in [0.25, 0.3) is 0 Å². The van der Waals surface area contributed by atoms with Crippen LogP contribution < -0.4 is 0 Å². The Hall–Kier alpha value is -1.10. The van der Waals surface area contributed by atoms with Gasteiger partial charge in [-0.2, -0.15) is 4.40 Å². The van der Waals surface area contributed by atoms with E-state index < -0.39 is 21.5 Å². The monoisotopic (exact) mass is 228 g/mol. The molecule has 0 bridgehead atoms. The second-order valence-corrected chi connectivity index (χ2v) is 5.90. The molecule has 0 saturated heterocycles. The lowest BCUT2D eigenvalue weighted by Gasteiger charge is -2.12. The van der Waals surface area contributed by atoms with E-state index in [0.717, 1.165) is 0 Å². The van der Waals surface area contributed by atoms with Crippen molar-refractivity contribution >= 4 is 17.2 Å². The Morgan fingerprint density at radius 1 is 1.53 bits per heavy atom. The molecule has 0 spiro atoms. The van der Waals surface area contributed by atoms with Crippen LogP contribution in [0.1, 0.15) is 26.5 Å². The van der Waals surface area contributed by atoms with Crippen LogP contribution in [-0.4, -0.2) is 20.2 Å². The maximum Gasteiger partial charge on any atom is 0.150 e. The molecule has 3 nitrogen and oxygen atoms in total. The molecule has 1 rings (SSSR count). The zero-order valence-corrected chi connectivity index (χ0v) is 9.71. The molecule has 0 aliphatic heterocycles. The summed E-state index contributed by atoms with van der Waals surface area (Å²) in [6.07, 6.45) is 2.67. The summed E-state index contributed by atoms with van der Waals surface area (Å²) in [7, 11) is -1.38. The Balaban J connectivity index is 2.84. The molecule has 0 radical (unpaired) electrons. The van der Waals surface area contributed by atoms with Gasteiger partial charge in [0, 0.05) is 6.20 Å². The van der Waals surface area contributed by atoms with Crippen molar-refractivity contribution in [2.45, 2.75) is 25.5 Å². The van der Waals surface area contributed by atoms with E-state index in [1.165, 1.54) is 24.5 Å². The summed E-state index contributed by atoms with van der Waals surface area (Å²) in [6.45, 7) is 5.40. The fourth-order valence-electron chi connectivity index (χ4n) is 0.749. The van der Waals surface area contributed by atoms with E-state index >= 15 is 0 Å². The van der Waals surface area contributed by atoms with Crippen molar-refractivity contribution in [1.82, 2.24) is 4.98 Å². The average Bonchev–Trinajstić information content (AvgIpc) is 2.14. The maximum absolute atomic E-state index is 13.1. The first-order valence-electron chi connectivity index (χ1n) is 4.48. The van der Waals surface area contributed by atoms with Gasteiger partial charge in [0.15, 0.2) is 0 Å². The van der Waals surface area contributed by atoms with E-state index in [0.29, 0.717) is 0 Å². The van der Waals surface area contributed by atoms with Crippen molar-refractivity contribution in [2.75, 3.05) is 0 Å². The fraction of sp³-hybridized carbons (Fsp3) is 0.400. The third-order valence-electron chi connectivity index (χ3n) is 1.58. The standard InChI is InChI=1S/C10H13FN2OS/c1-10(2,3)15(14)13-7-9-8(11)5-4-6-12-9/h4-7H,1-3H3/b13-7+. The molecule has 1 aromatic heterocycles. The van der Waals surface area contributed by atoms with E-state index in [1.807, 2.05) is 0 Å². The van der Waals surface area contributed by atoms with E-state index in [4.69, 9.17) is 0 Å². The number of nitrogens with zero attached hydrogens (tertiary/aromatic N) is 2. The van der Waals surface area contributed by atoms with E-state index in [-0.39, 0.29) is 5.69 Å². The van der Waals surface area contributed by atoms with Crippen LogP contribution in [0.25, 0.3) is 0 Å². The van der Waals surface area contributed by atoms with E-state index in [9.17, 15) is 8.60 Å². The van der Waals surface area contributed by atoms with Gasteiger partial charge in [-0.15, -0.1) is 0 Å². The van der Waals surface area contributed by atoms with Crippen LogP contribution >= 0.6 is 0 Å². The molecule has 1 aromatic rings. The van der Waals surface area contributed by atoms with Crippen molar-refractivity contribution in [3.8, 4) is 0 Å². The highest BCUT2D eigenvalue weighted by molar-refractivity contribution is 7.85. The Morgan fingerprint density at radius 2 is 2.20 bits per heavy atom. The minimum Gasteiger partial charge on any atom is -0.252 e. The summed E-state index contributed by atoms with van der Waals surface area (Å²) < 4.78 is 27.9. The predicted octanol–water partition coefficient (Wildman–Crippen LogP) is 2.10. The molecular formula is C10H13FN2OS. The molecule has 1 unspecified atom stereocenters. The molecule has 0 aliphatic carbocycles. The smallest absolute Gasteiger partial charge is 0.150 e. The summed E-state index contributed by atoms with van der Waals surface area (Å²) in [5.74, 6) is -0.466. The first-order valence-corrected chi connectivity index (χ1v) is 5.58. The largest absolute Gasteiger partial charge is 0.252 e. The van der Waals surface area contributed by atoms with Gasteiger partial charge in [-0.05, 0) is 32.9 Å². The topological polar surface area (TPSA) is 42.3 Å². The van der Waals surface area contributed by atoms with Crippen molar-refractivity contribution < 1.29 is 8.60 Å². The van der Waals surface area contributed by atoms with Gasteiger partial charge in [0.05, 0.1) is 11.0 Å². The second-order valence-electron chi connectivity index (χ2n) is 3.97. The summed E-state index contributed by atoms with van der Waals surface area (Å²) in [4.78, 5) is 3.77. The summed E-state index contributed by atoms with van der Waals surface area (Å²) in [5, 5.41) is 0. The van der Waals surface area contributed by atoms with E-state index in [1.54, 1.807) is 20.8 Å². The van der Waals surface area contributed by atoms with Gasteiger partial charge >= 0.3 is 0 Å². The number of hydrogen-bond acceptors (Lipinski definition) is 2. The summed E-state index contributed by atoms with van der Waals surface area (Å²) in [6, 6.07) is 2.78. The lowest BCUT2D eigenvalue weighted by atomic mass is 10.3. The molecule has 0 aromatic carbocycles. The van der Waals surface area contributed by atoms with Crippen LogP contribution in [0.2, 0.25) is 0 Å². The molecule has 0 saturated carbocycles. The SMILES string of the molecule is CC(C)(C)S(=O)/N=C/c1ncccc1F. The molecule has 5 heteroatoms. The Labute approximate surface area is 91.0 Å². The van der Waals surface area contributed by atoms with Gasteiger partial charge in [-0.3, -0.25) is 4.98 Å². The highest BCUT2D eigenvalue weighted by Gasteiger charge is 2.18. The van der Waals surface area contributed by atoms with Gasteiger partial charge < -0.3 is 0 Å².